The van der Waals surface area contributed by atoms with Crippen LogP contribution in [0.1, 0.15) is 0 Å². The Morgan fingerprint density at radius 3 is 0.333 bits per heavy atom. The normalized spacial score (nSPS) is 0. The molecule has 0 bridgehead atoms. The number of rotatable bonds is 0. The van der Waals surface area contributed by atoms with Gasteiger partial charge in [0.25, 0.3) is 0 Å². The Bertz CT molecular complexity index is 12.9. The molecule has 0 amide bonds. The van der Waals surface area contributed by atoms with Crippen LogP contribution in [0, 0.1) is 0 Å². The molecule has 0 saturated carbocycles. The predicted molar refractivity (Wildman–Crippen MR) is 3.43 cm³/mol. The monoisotopic (exact) mass is 378 g/mol. The van der Waals surface area contributed by atoms with Gasteiger partial charge in [-0.15, -0.1) is 0 Å². The van der Waals surface area contributed by atoms with Crippen molar-refractivity contribution in [2.24, 2.45) is 0 Å². The fourth-order valence-electron chi connectivity index (χ4n) is 0. The first-order chi connectivity index (χ1) is 0. The second-order valence-electron chi connectivity index (χ2n) is 0. The molecule has 0 aromatic carbocycles. The minimum Gasteiger partial charge on any atom is -2.00 e. The molecule has 0 saturated heterocycles. The Labute approximate surface area is 105 Å². The largest absolute Gasteiger partial charge is 5.00 e. The summed E-state index contributed by atoms with van der Waals surface area (Å²) in [4.78, 5) is 0. The van der Waals surface area contributed by atoms with Crippen molar-refractivity contribution in [3.8, 4) is 0 Å². The quantitative estimate of drug-likeness (QED) is 0.497. The molecule has 0 rings (SSSR count). The van der Waals surface area contributed by atoms with Crippen LogP contribution in [0.25, 0.3) is 0 Å². The van der Waals surface area contributed by atoms with Gasteiger partial charge in [-0.1, -0.05) is 0 Å². The second-order valence-corrected chi connectivity index (χ2v) is 0. The number of hydrogen-bond donors (Lipinski definition) is 0. The van der Waals surface area contributed by atoms with Crippen LogP contribution in [0.5, 0.6) is 0 Å². The van der Waals surface area contributed by atoms with Crippen LogP contribution >= 0.6 is 0 Å². The minimum absolute atomic E-state index is 0. The molecule has 0 fully saturated rings. The molecule has 0 aliphatic rings. The molecule has 0 N–H and O–H groups in total. The van der Waals surface area contributed by atoms with Crippen molar-refractivity contribution in [2.45, 2.75) is 0 Å². The number of hydrogen-bond acceptors (Lipinski definition) is 0. The van der Waals surface area contributed by atoms with Crippen LogP contribution in [0.3, 0.4) is 0 Å². The fourth-order valence-corrected chi connectivity index (χ4v) is 0. The van der Waals surface area contributed by atoms with Crippen molar-refractivity contribution >= 4 is 0 Å². The molecule has 0 aliphatic heterocycles. The van der Waals surface area contributed by atoms with E-state index in [1.54, 1.807) is 0 Å². The Balaban J connectivity index is 0. The summed E-state index contributed by atoms with van der Waals surface area (Å²) in [5.74, 6) is 0. The molecular formula is Fe2Nb2O5. The van der Waals surface area contributed by atoms with Crippen molar-refractivity contribution in [1.82, 2.24) is 0 Å². The maximum absolute atomic E-state index is 0. The van der Waals surface area contributed by atoms with Gasteiger partial charge in [-0.05, 0) is 0 Å². The van der Waals surface area contributed by atoms with E-state index in [9.17, 15) is 0 Å². The fraction of sp³-hybridized carbons (Fsp3) is 0. The van der Waals surface area contributed by atoms with E-state index in [1.165, 1.54) is 0 Å². The van der Waals surface area contributed by atoms with Crippen molar-refractivity contribution in [1.29, 1.82) is 0 Å². The third kappa shape index (κ3) is 133. The summed E-state index contributed by atoms with van der Waals surface area (Å²) in [6.45, 7) is 0. The van der Waals surface area contributed by atoms with E-state index in [4.69, 9.17) is 0 Å². The SMILES string of the molecule is [Fe].[Fe].[Nb+5].[Nb+5].[O-2].[O-2].[O-2].[O-2].[O-2]. The van der Waals surface area contributed by atoms with Crippen LogP contribution in [-0.4, -0.2) is 0 Å². The second kappa shape index (κ2) is 167. The first-order valence-electron chi connectivity index (χ1n) is 0. The van der Waals surface area contributed by atoms with E-state index in [-0.39, 0.29) is 106 Å². The summed E-state index contributed by atoms with van der Waals surface area (Å²) < 4.78 is 0. The maximum Gasteiger partial charge on any atom is 5.00 e. The molecule has 0 radical (unpaired) electrons. The summed E-state index contributed by atoms with van der Waals surface area (Å²) in [6, 6.07) is 0. The minimum atomic E-state index is 0. The molecule has 0 aromatic heterocycles. The van der Waals surface area contributed by atoms with Gasteiger partial charge in [0.15, 0.2) is 0 Å². The first-order valence-corrected chi connectivity index (χ1v) is 0. The Hall–Kier alpha value is 2.32. The van der Waals surface area contributed by atoms with E-state index in [0.717, 1.165) is 0 Å². The van der Waals surface area contributed by atoms with Crippen LogP contribution in [0.4, 0.5) is 0 Å². The van der Waals surface area contributed by atoms with Crippen LogP contribution in [0.2, 0.25) is 0 Å². The molecule has 0 unspecified atom stereocenters. The van der Waals surface area contributed by atoms with Gasteiger partial charge in [0.05, 0.1) is 0 Å². The van der Waals surface area contributed by atoms with Gasteiger partial charge in [-0.2, -0.15) is 0 Å². The molecule has 5 nitrogen and oxygen atoms in total. The van der Waals surface area contributed by atoms with Crippen molar-refractivity contribution in [3.05, 3.63) is 0 Å². The standard InChI is InChI=1S/2Fe.2Nb.5O/q;;2*+5;5*-2. The van der Waals surface area contributed by atoms with Gasteiger partial charge in [-0.3, -0.25) is 0 Å². The molecule has 56 valence electrons. The Kier molecular flexibility index (Phi) is 4150. The van der Waals surface area contributed by atoms with E-state index in [0.29, 0.717) is 0 Å². The average molecular weight is 377 g/mol. The summed E-state index contributed by atoms with van der Waals surface area (Å²) in [5.41, 5.74) is 0. The van der Waals surface area contributed by atoms with Gasteiger partial charge in [0.1, 0.15) is 0 Å². The van der Waals surface area contributed by atoms with E-state index < -0.39 is 0 Å². The Morgan fingerprint density at radius 1 is 0.333 bits per heavy atom. The van der Waals surface area contributed by atoms with Crippen molar-refractivity contribution in [2.75, 3.05) is 0 Å². The zero-order valence-electron chi connectivity index (χ0n) is 3.64. The van der Waals surface area contributed by atoms with Crippen LogP contribution in [-0.2, 0) is 106 Å². The van der Waals surface area contributed by atoms with Gasteiger partial charge >= 0.3 is 44.8 Å². The van der Waals surface area contributed by atoms with Gasteiger partial charge in [0, 0.05) is 34.1 Å². The van der Waals surface area contributed by atoms with Gasteiger partial charge in [-0.25, -0.2) is 0 Å². The summed E-state index contributed by atoms with van der Waals surface area (Å²) in [6.07, 6.45) is 0. The van der Waals surface area contributed by atoms with Crippen LogP contribution in [0.15, 0.2) is 0 Å². The predicted octanol–water partition coefficient (Wildman–Crippen LogP) is -0.604. The molecule has 0 aliphatic carbocycles. The Morgan fingerprint density at radius 2 is 0.333 bits per heavy atom. The zero-order valence-corrected chi connectivity index (χ0v) is 10.2. The summed E-state index contributed by atoms with van der Waals surface area (Å²) in [7, 11) is 0. The molecule has 0 heterocycles. The topological polar surface area (TPSA) is 142 Å². The zero-order chi connectivity index (χ0) is 0. The molecule has 9 heavy (non-hydrogen) atoms. The molecule has 0 spiro atoms. The molecule has 0 aromatic rings. The summed E-state index contributed by atoms with van der Waals surface area (Å²) in [5, 5.41) is 0. The first kappa shape index (κ1) is 224. The van der Waals surface area contributed by atoms with Crippen LogP contribution < -0.4 is 0 Å². The molecule has 9 heteroatoms. The third-order valence-electron chi connectivity index (χ3n) is 0. The van der Waals surface area contributed by atoms with E-state index >= 15 is 0 Å². The van der Waals surface area contributed by atoms with Gasteiger partial charge < -0.3 is 27.4 Å². The average Bonchev–Trinajstić information content (AvgIpc) is 0. The van der Waals surface area contributed by atoms with Crippen molar-refractivity contribution in [3.63, 3.8) is 0 Å². The summed E-state index contributed by atoms with van der Waals surface area (Å²) >= 11 is 0. The van der Waals surface area contributed by atoms with Gasteiger partial charge in [0.2, 0.25) is 0 Å². The third-order valence-corrected chi connectivity index (χ3v) is 0. The van der Waals surface area contributed by atoms with E-state index in [2.05, 4.69) is 0 Å². The maximum atomic E-state index is 0. The van der Waals surface area contributed by atoms with Crippen molar-refractivity contribution < 1.29 is 106 Å². The van der Waals surface area contributed by atoms with E-state index in [1.807, 2.05) is 0 Å². The molecule has 0 atom stereocenters. The smallest absolute Gasteiger partial charge is 2.00 e. The molecular weight excluding hydrogens is 377 g/mol.